The van der Waals surface area contributed by atoms with Crippen molar-refractivity contribution in [1.82, 2.24) is 20.0 Å². The van der Waals surface area contributed by atoms with E-state index in [1.54, 1.807) is 0 Å². The first-order valence-electron chi connectivity index (χ1n) is 7.93. The first kappa shape index (κ1) is 16.8. The second kappa shape index (κ2) is 6.27. The van der Waals surface area contributed by atoms with Crippen molar-refractivity contribution in [2.75, 3.05) is 13.1 Å². The maximum absolute atomic E-state index is 6.46. The summed E-state index contributed by atoms with van der Waals surface area (Å²) in [7, 11) is 0. The molecule has 1 saturated heterocycles. The molecule has 0 bridgehead atoms. The number of hydrogen-bond acceptors (Lipinski definition) is 3. The molecular weight excluding hydrogens is 284 g/mol. The highest BCUT2D eigenvalue weighted by molar-refractivity contribution is 6.31. The van der Waals surface area contributed by atoms with Crippen LogP contribution in [-0.4, -0.2) is 39.9 Å². The third-order valence-corrected chi connectivity index (χ3v) is 5.04. The van der Waals surface area contributed by atoms with Crippen molar-refractivity contribution in [3.8, 4) is 0 Å². The number of nitrogens with one attached hydrogen (secondary N) is 1. The van der Waals surface area contributed by atoms with Crippen LogP contribution in [0.1, 0.15) is 46.0 Å². The topological polar surface area (TPSA) is 33.1 Å². The molecule has 0 aliphatic carbocycles. The molecule has 1 aromatic heterocycles. The lowest BCUT2D eigenvalue weighted by Crippen LogP contribution is -2.59. The van der Waals surface area contributed by atoms with Crippen LogP contribution in [0.2, 0.25) is 5.02 Å². The molecule has 0 aromatic carbocycles. The van der Waals surface area contributed by atoms with Gasteiger partial charge in [-0.05, 0) is 26.2 Å². The minimum Gasteiger partial charge on any atom is -0.311 e. The monoisotopic (exact) mass is 312 g/mol. The van der Waals surface area contributed by atoms with Gasteiger partial charge >= 0.3 is 0 Å². The van der Waals surface area contributed by atoms with Crippen LogP contribution >= 0.6 is 11.6 Å². The van der Waals surface area contributed by atoms with Crippen LogP contribution in [0.3, 0.4) is 0 Å². The quantitative estimate of drug-likeness (QED) is 0.931. The number of aryl methyl sites for hydroxylation is 2. The maximum Gasteiger partial charge on any atom is 0.0860 e. The van der Waals surface area contributed by atoms with Crippen molar-refractivity contribution >= 4 is 11.6 Å². The van der Waals surface area contributed by atoms with Crippen molar-refractivity contribution in [2.24, 2.45) is 5.41 Å². The molecule has 2 rings (SSSR count). The van der Waals surface area contributed by atoms with Gasteiger partial charge in [0.25, 0.3) is 0 Å². The predicted molar refractivity (Wildman–Crippen MR) is 88.8 cm³/mol. The Bertz CT molecular complexity index is 489. The van der Waals surface area contributed by atoms with Crippen LogP contribution in [0.4, 0.5) is 0 Å². The van der Waals surface area contributed by atoms with E-state index in [2.05, 4.69) is 49.9 Å². The molecule has 1 N–H and O–H groups in total. The molecule has 1 fully saturated rings. The molecule has 120 valence electrons. The van der Waals surface area contributed by atoms with Crippen LogP contribution in [-0.2, 0) is 13.1 Å². The zero-order valence-electron chi connectivity index (χ0n) is 14.2. The summed E-state index contributed by atoms with van der Waals surface area (Å²) in [6.07, 6.45) is 0. The molecule has 1 aliphatic rings. The van der Waals surface area contributed by atoms with Crippen molar-refractivity contribution in [3.63, 3.8) is 0 Å². The van der Waals surface area contributed by atoms with Gasteiger partial charge in [-0.15, -0.1) is 0 Å². The lowest BCUT2D eigenvalue weighted by Gasteiger charge is -2.44. The lowest BCUT2D eigenvalue weighted by molar-refractivity contribution is 0.0855. The number of piperazine rings is 1. The summed E-state index contributed by atoms with van der Waals surface area (Å²) in [6, 6.07) is 1.02. The summed E-state index contributed by atoms with van der Waals surface area (Å²) < 4.78 is 2.04. The first-order valence-corrected chi connectivity index (χ1v) is 8.31. The minimum absolute atomic E-state index is 0.267. The average molecular weight is 313 g/mol. The Kier molecular flexibility index (Phi) is 5.01. The van der Waals surface area contributed by atoms with Crippen molar-refractivity contribution in [2.45, 2.75) is 66.7 Å². The standard InChI is InChI=1S/C16H29ClN4/c1-7-21-13(15(17)12(3)19-21)9-20-10-14(16(4,5)6)18-8-11(20)2/h11,14,18H,7-10H2,1-6H3. The molecule has 4 nitrogen and oxygen atoms in total. The van der Waals surface area contributed by atoms with Crippen molar-refractivity contribution in [3.05, 3.63) is 16.4 Å². The number of aromatic nitrogens is 2. The Balaban J connectivity index is 2.17. The van der Waals surface area contributed by atoms with Gasteiger partial charge in [0.1, 0.15) is 0 Å². The Labute approximate surface area is 133 Å². The van der Waals surface area contributed by atoms with Crippen LogP contribution in [0.25, 0.3) is 0 Å². The van der Waals surface area contributed by atoms with Crippen molar-refractivity contribution < 1.29 is 0 Å². The fraction of sp³-hybridized carbons (Fsp3) is 0.812. The molecule has 0 amide bonds. The summed E-state index contributed by atoms with van der Waals surface area (Å²) >= 11 is 6.46. The van der Waals surface area contributed by atoms with Gasteiger partial charge in [-0.25, -0.2) is 0 Å². The number of rotatable bonds is 3. The fourth-order valence-electron chi connectivity index (χ4n) is 2.93. The molecule has 2 atom stereocenters. The molecule has 0 saturated carbocycles. The van der Waals surface area contributed by atoms with E-state index in [-0.39, 0.29) is 5.41 Å². The van der Waals surface area contributed by atoms with Gasteiger partial charge in [-0.1, -0.05) is 32.4 Å². The number of nitrogens with zero attached hydrogens (tertiary/aromatic N) is 3. The molecule has 1 aliphatic heterocycles. The largest absolute Gasteiger partial charge is 0.311 e. The SMILES string of the molecule is CCn1nc(C)c(Cl)c1CN1CC(C(C)(C)C)NCC1C. The Morgan fingerprint density at radius 1 is 1.38 bits per heavy atom. The molecule has 0 spiro atoms. The van der Waals surface area contributed by atoms with E-state index >= 15 is 0 Å². The zero-order valence-corrected chi connectivity index (χ0v) is 15.0. The van der Waals surface area contributed by atoms with Gasteiger partial charge in [0.2, 0.25) is 0 Å². The second-order valence-corrected chi connectivity index (χ2v) is 7.65. The molecule has 5 heteroatoms. The van der Waals surface area contributed by atoms with E-state index in [1.807, 2.05) is 11.6 Å². The van der Waals surface area contributed by atoms with Crippen molar-refractivity contribution in [1.29, 1.82) is 0 Å². The first-order chi connectivity index (χ1) is 9.74. The van der Waals surface area contributed by atoms with Gasteiger partial charge in [-0.3, -0.25) is 9.58 Å². The maximum atomic E-state index is 6.46. The van der Waals surface area contributed by atoms with E-state index in [1.165, 1.54) is 0 Å². The van der Waals surface area contributed by atoms with E-state index in [9.17, 15) is 0 Å². The summed E-state index contributed by atoms with van der Waals surface area (Å²) in [6.45, 7) is 17.1. The van der Waals surface area contributed by atoms with E-state index in [0.717, 1.165) is 42.6 Å². The molecule has 2 heterocycles. The number of hydrogen-bond donors (Lipinski definition) is 1. The van der Waals surface area contributed by atoms with Gasteiger partial charge in [0.15, 0.2) is 0 Å². The second-order valence-electron chi connectivity index (χ2n) is 7.27. The Morgan fingerprint density at radius 3 is 2.62 bits per heavy atom. The van der Waals surface area contributed by atoms with Gasteiger partial charge in [-0.2, -0.15) is 5.10 Å². The van der Waals surface area contributed by atoms with Crippen LogP contribution < -0.4 is 5.32 Å². The van der Waals surface area contributed by atoms with E-state index in [0.29, 0.717) is 12.1 Å². The van der Waals surface area contributed by atoms with Gasteiger partial charge in [0, 0.05) is 38.3 Å². The highest BCUT2D eigenvalue weighted by Crippen LogP contribution is 2.27. The number of halogens is 1. The highest BCUT2D eigenvalue weighted by Gasteiger charge is 2.33. The molecule has 21 heavy (non-hydrogen) atoms. The average Bonchev–Trinajstić information content (AvgIpc) is 2.67. The predicted octanol–water partition coefficient (Wildman–Crippen LogP) is 3.07. The smallest absolute Gasteiger partial charge is 0.0860 e. The summed E-state index contributed by atoms with van der Waals surface area (Å²) in [5.41, 5.74) is 2.35. The summed E-state index contributed by atoms with van der Waals surface area (Å²) in [5.74, 6) is 0. The Morgan fingerprint density at radius 2 is 2.05 bits per heavy atom. The fourth-order valence-corrected chi connectivity index (χ4v) is 3.13. The zero-order chi connectivity index (χ0) is 15.8. The molecule has 2 unspecified atom stereocenters. The minimum atomic E-state index is 0.267. The van der Waals surface area contributed by atoms with Gasteiger partial charge < -0.3 is 5.32 Å². The summed E-state index contributed by atoms with van der Waals surface area (Å²) in [5, 5.41) is 9.03. The highest BCUT2D eigenvalue weighted by atomic mass is 35.5. The summed E-state index contributed by atoms with van der Waals surface area (Å²) in [4.78, 5) is 2.53. The molecule has 0 radical (unpaired) electrons. The molecular formula is C16H29ClN4. The van der Waals surface area contributed by atoms with Crippen LogP contribution in [0.15, 0.2) is 0 Å². The van der Waals surface area contributed by atoms with E-state index < -0.39 is 0 Å². The Hall–Kier alpha value is -0.580. The lowest BCUT2D eigenvalue weighted by atomic mass is 9.85. The third kappa shape index (κ3) is 3.61. The van der Waals surface area contributed by atoms with Crippen LogP contribution in [0.5, 0.6) is 0 Å². The molecule has 1 aromatic rings. The van der Waals surface area contributed by atoms with E-state index in [4.69, 9.17) is 11.6 Å². The third-order valence-electron chi connectivity index (χ3n) is 4.55. The normalized spacial score (nSPS) is 24.5. The van der Waals surface area contributed by atoms with Gasteiger partial charge in [0.05, 0.1) is 16.4 Å². The van der Waals surface area contributed by atoms with Crippen LogP contribution in [0, 0.1) is 12.3 Å².